The van der Waals surface area contributed by atoms with E-state index in [-0.39, 0.29) is 17.7 Å². The molecule has 3 aromatic rings. The molecule has 1 N–H and O–H groups in total. The van der Waals surface area contributed by atoms with Crippen molar-refractivity contribution in [2.24, 2.45) is 0 Å². The van der Waals surface area contributed by atoms with Gasteiger partial charge in [-0.1, -0.05) is 12.1 Å². The largest absolute Gasteiger partial charge is 0.380 e. The number of anilines is 1. The van der Waals surface area contributed by atoms with Crippen LogP contribution in [0.3, 0.4) is 0 Å². The molecule has 1 aliphatic rings. The van der Waals surface area contributed by atoms with E-state index >= 15 is 4.39 Å². The van der Waals surface area contributed by atoms with Crippen LogP contribution in [0.4, 0.5) is 18.9 Å². The highest BCUT2D eigenvalue weighted by Gasteiger charge is 2.36. The van der Waals surface area contributed by atoms with Gasteiger partial charge in [-0.3, -0.25) is 9.78 Å². The predicted molar refractivity (Wildman–Crippen MR) is 103 cm³/mol. The Hall–Kier alpha value is -3.35. The molecule has 4 nitrogen and oxygen atoms in total. The van der Waals surface area contributed by atoms with E-state index in [0.717, 1.165) is 22.6 Å². The maximum Gasteiger partial charge on any atom is 0.259 e. The fourth-order valence-electron chi connectivity index (χ4n) is 3.45. The van der Waals surface area contributed by atoms with Gasteiger partial charge in [-0.15, -0.1) is 0 Å². The number of carbonyl (C=O) groups is 1. The van der Waals surface area contributed by atoms with Crippen molar-refractivity contribution in [3.63, 3.8) is 0 Å². The molecule has 1 aliphatic heterocycles. The van der Waals surface area contributed by atoms with E-state index in [1.165, 1.54) is 6.92 Å². The molecule has 1 atom stereocenters. The van der Waals surface area contributed by atoms with E-state index in [9.17, 15) is 13.6 Å². The quantitative estimate of drug-likeness (QED) is 0.623. The number of halogens is 3. The number of fused-ring (bicyclic) bond motifs is 1. The SMILES string of the molecule is Cc1c(F)ccc(C(F)N2Cc3cccc(NCc4ccncc4)c3C2=O)c1F. The minimum Gasteiger partial charge on any atom is -0.380 e. The molecule has 4 rings (SSSR count). The molecule has 0 fully saturated rings. The van der Waals surface area contributed by atoms with Crippen molar-refractivity contribution in [2.75, 3.05) is 5.32 Å². The number of aromatic nitrogens is 1. The first kappa shape index (κ1) is 19.0. The van der Waals surface area contributed by atoms with Gasteiger partial charge in [0.15, 0.2) is 0 Å². The third kappa shape index (κ3) is 3.44. The van der Waals surface area contributed by atoms with E-state index in [2.05, 4.69) is 10.3 Å². The predicted octanol–water partition coefficient (Wildman–Crippen LogP) is 4.90. The van der Waals surface area contributed by atoms with Crippen LogP contribution in [0, 0.1) is 18.6 Å². The van der Waals surface area contributed by atoms with Crippen LogP contribution in [0.1, 0.15) is 38.9 Å². The molecule has 1 amide bonds. The lowest BCUT2D eigenvalue weighted by atomic mass is 10.1. The summed E-state index contributed by atoms with van der Waals surface area (Å²) in [5.74, 6) is -2.26. The van der Waals surface area contributed by atoms with Crippen molar-refractivity contribution < 1.29 is 18.0 Å². The maximum absolute atomic E-state index is 15.1. The van der Waals surface area contributed by atoms with E-state index < -0.39 is 23.8 Å². The van der Waals surface area contributed by atoms with Crippen LogP contribution in [0.5, 0.6) is 0 Å². The van der Waals surface area contributed by atoms with Crippen molar-refractivity contribution in [1.82, 2.24) is 9.88 Å². The molecule has 7 heteroatoms. The summed E-state index contributed by atoms with van der Waals surface area (Å²) in [4.78, 5) is 17.9. The number of amides is 1. The van der Waals surface area contributed by atoms with Crippen LogP contribution in [0.2, 0.25) is 0 Å². The Kier molecular flexibility index (Phi) is 4.96. The topological polar surface area (TPSA) is 45.2 Å². The van der Waals surface area contributed by atoms with Crippen molar-refractivity contribution in [2.45, 2.75) is 26.3 Å². The fourth-order valence-corrected chi connectivity index (χ4v) is 3.45. The molecule has 1 unspecified atom stereocenters. The highest BCUT2D eigenvalue weighted by molar-refractivity contribution is 6.03. The van der Waals surface area contributed by atoms with Crippen LogP contribution in [0.25, 0.3) is 0 Å². The Bertz CT molecular complexity index is 1070. The first-order valence-electron chi connectivity index (χ1n) is 9.11. The van der Waals surface area contributed by atoms with E-state index in [0.29, 0.717) is 23.4 Å². The molecule has 2 heterocycles. The van der Waals surface area contributed by atoms with Gasteiger partial charge in [0.25, 0.3) is 5.91 Å². The lowest BCUT2D eigenvalue weighted by Gasteiger charge is -2.22. The zero-order valence-corrected chi connectivity index (χ0v) is 15.6. The second-order valence-electron chi connectivity index (χ2n) is 6.89. The van der Waals surface area contributed by atoms with Crippen molar-refractivity contribution in [3.8, 4) is 0 Å². The number of rotatable bonds is 5. The molecule has 148 valence electrons. The van der Waals surface area contributed by atoms with E-state index in [1.54, 1.807) is 30.6 Å². The molecule has 0 saturated heterocycles. The summed E-state index contributed by atoms with van der Waals surface area (Å²) in [5, 5.41) is 3.20. The first-order chi connectivity index (χ1) is 14.0. The molecule has 0 aliphatic carbocycles. The summed E-state index contributed by atoms with van der Waals surface area (Å²) in [7, 11) is 0. The molecule has 1 aromatic heterocycles. The van der Waals surface area contributed by atoms with Gasteiger partial charge in [0.1, 0.15) is 11.6 Å². The number of carbonyl (C=O) groups excluding carboxylic acids is 1. The Morgan fingerprint density at radius 1 is 1.14 bits per heavy atom. The van der Waals surface area contributed by atoms with Crippen molar-refractivity contribution >= 4 is 11.6 Å². The molecule has 0 saturated carbocycles. The van der Waals surface area contributed by atoms with Gasteiger partial charge in [0, 0.05) is 42.3 Å². The maximum atomic E-state index is 15.1. The number of hydrogen-bond acceptors (Lipinski definition) is 3. The van der Waals surface area contributed by atoms with Gasteiger partial charge in [-0.2, -0.15) is 0 Å². The lowest BCUT2D eigenvalue weighted by molar-refractivity contribution is 0.0472. The molecule has 0 radical (unpaired) electrons. The van der Waals surface area contributed by atoms with Gasteiger partial charge < -0.3 is 10.2 Å². The standard InChI is InChI=1S/C22H18F3N3O/c1-13-17(23)6-5-16(20(13)24)21(25)28-12-15-3-2-4-18(19(15)22(28)29)27-11-14-7-9-26-10-8-14/h2-10,21,27H,11-12H2,1H3. The lowest BCUT2D eigenvalue weighted by Crippen LogP contribution is -2.27. The third-order valence-electron chi connectivity index (χ3n) is 5.08. The van der Waals surface area contributed by atoms with Gasteiger partial charge >= 0.3 is 0 Å². The van der Waals surface area contributed by atoms with Crippen molar-refractivity contribution in [3.05, 3.63) is 94.3 Å². The Morgan fingerprint density at radius 2 is 1.90 bits per heavy atom. The summed E-state index contributed by atoms with van der Waals surface area (Å²) < 4.78 is 43.0. The van der Waals surface area contributed by atoms with Crippen molar-refractivity contribution in [1.29, 1.82) is 0 Å². The smallest absolute Gasteiger partial charge is 0.259 e. The van der Waals surface area contributed by atoms with Crippen LogP contribution >= 0.6 is 0 Å². The van der Waals surface area contributed by atoms with E-state index in [1.807, 2.05) is 12.1 Å². The minimum atomic E-state index is -2.01. The number of benzene rings is 2. The summed E-state index contributed by atoms with van der Waals surface area (Å²) in [6.45, 7) is 1.72. The summed E-state index contributed by atoms with van der Waals surface area (Å²) in [6, 6.07) is 11.0. The highest BCUT2D eigenvalue weighted by atomic mass is 19.1. The molecule has 0 bridgehead atoms. The molecule has 2 aromatic carbocycles. The number of hydrogen-bond donors (Lipinski definition) is 1. The average Bonchev–Trinajstić information content (AvgIpc) is 3.08. The average molecular weight is 397 g/mol. The minimum absolute atomic E-state index is 0.00990. The Balaban J connectivity index is 1.59. The molecule has 29 heavy (non-hydrogen) atoms. The monoisotopic (exact) mass is 397 g/mol. The Labute approximate surface area is 166 Å². The van der Waals surface area contributed by atoms with Gasteiger partial charge in [0.05, 0.1) is 5.56 Å². The zero-order chi connectivity index (χ0) is 20.5. The van der Waals surface area contributed by atoms with Crippen LogP contribution in [-0.4, -0.2) is 15.8 Å². The molecule has 0 spiro atoms. The molecular weight excluding hydrogens is 379 g/mol. The van der Waals surface area contributed by atoms with Crippen LogP contribution < -0.4 is 5.32 Å². The number of pyridine rings is 1. The van der Waals surface area contributed by atoms with Gasteiger partial charge in [0.2, 0.25) is 6.30 Å². The Morgan fingerprint density at radius 3 is 2.66 bits per heavy atom. The highest BCUT2D eigenvalue weighted by Crippen LogP contribution is 2.37. The summed E-state index contributed by atoms with van der Waals surface area (Å²) >= 11 is 0. The number of alkyl halides is 1. The first-order valence-corrected chi connectivity index (χ1v) is 9.11. The number of nitrogens with one attached hydrogen (secondary N) is 1. The normalized spacial score (nSPS) is 14.1. The van der Waals surface area contributed by atoms with Crippen LogP contribution in [-0.2, 0) is 13.1 Å². The third-order valence-corrected chi connectivity index (χ3v) is 5.08. The van der Waals surface area contributed by atoms with Gasteiger partial charge in [-0.05, 0) is 48.4 Å². The second-order valence-corrected chi connectivity index (χ2v) is 6.89. The molecular formula is C22H18F3N3O. The second kappa shape index (κ2) is 7.58. The summed E-state index contributed by atoms with van der Waals surface area (Å²) in [6.07, 6.45) is 1.33. The number of nitrogens with zero attached hydrogens (tertiary/aromatic N) is 2. The van der Waals surface area contributed by atoms with E-state index in [4.69, 9.17) is 0 Å². The van der Waals surface area contributed by atoms with Gasteiger partial charge in [-0.25, -0.2) is 13.2 Å². The van der Waals surface area contributed by atoms with Crippen LogP contribution in [0.15, 0.2) is 54.9 Å². The zero-order valence-electron chi connectivity index (χ0n) is 15.6. The fraction of sp³-hybridized carbons (Fsp3) is 0.182. The summed E-state index contributed by atoms with van der Waals surface area (Å²) in [5.41, 5.74) is 1.95.